The van der Waals surface area contributed by atoms with Gasteiger partial charge in [0.05, 0.1) is 41.8 Å². The molecular weight excluding hydrogens is 392 g/mol. The molecule has 112 valence electrons. The van der Waals surface area contributed by atoms with Crippen LogP contribution < -0.4 is 0 Å². The molecule has 0 aromatic rings. The summed E-state index contributed by atoms with van der Waals surface area (Å²) in [5, 5.41) is 0. The van der Waals surface area contributed by atoms with Crippen LogP contribution in [0.25, 0.3) is 0 Å². The van der Waals surface area contributed by atoms with E-state index in [-0.39, 0.29) is 22.8 Å². The third-order valence-corrected chi connectivity index (χ3v) is 7.46. The number of halogens is 2. The number of ether oxygens (including phenoxy) is 3. The number of carbonyl (C=O) groups is 1. The molecule has 0 amide bonds. The maximum absolute atomic E-state index is 12.3. The standard InChI is InChI=1S/C14H18Br2O4/c15-10-6(1-3-8-12(10)19-8)5-18-14(17)7-2-4-9-13(20-9)11(7)16/h6-13H,1-5H2. The van der Waals surface area contributed by atoms with Crippen LogP contribution in [0.2, 0.25) is 0 Å². The maximum atomic E-state index is 12.3. The molecule has 2 aliphatic carbocycles. The number of hydrogen-bond donors (Lipinski definition) is 0. The second-order valence-corrected chi connectivity index (χ2v) is 8.43. The fourth-order valence-corrected chi connectivity index (χ4v) is 5.42. The van der Waals surface area contributed by atoms with Gasteiger partial charge >= 0.3 is 5.97 Å². The Morgan fingerprint density at radius 3 is 2.40 bits per heavy atom. The van der Waals surface area contributed by atoms with Gasteiger partial charge in [0.15, 0.2) is 0 Å². The van der Waals surface area contributed by atoms with Crippen molar-refractivity contribution in [2.24, 2.45) is 11.8 Å². The van der Waals surface area contributed by atoms with E-state index >= 15 is 0 Å². The van der Waals surface area contributed by atoms with Crippen LogP contribution in [0, 0.1) is 11.8 Å². The number of esters is 1. The molecule has 4 rings (SSSR count). The van der Waals surface area contributed by atoms with Crippen LogP contribution in [0.1, 0.15) is 25.7 Å². The smallest absolute Gasteiger partial charge is 0.310 e. The molecule has 2 saturated heterocycles. The SMILES string of the molecule is O=C(OCC1CCC2OC2C1Br)C1CCC2OC2C1Br. The molecule has 8 unspecified atom stereocenters. The Morgan fingerprint density at radius 1 is 1.00 bits per heavy atom. The Bertz CT molecular complexity index is 418. The molecule has 2 saturated carbocycles. The first kappa shape index (κ1) is 14.0. The second-order valence-electron chi connectivity index (χ2n) is 6.32. The van der Waals surface area contributed by atoms with E-state index in [1.165, 1.54) is 0 Å². The number of fused-ring (bicyclic) bond motifs is 2. The number of epoxide rings is 2. The molecule has 2 heterocycles. The van der Waals surface area contributed by atoms with E-state index < -0.39 is 0 Å². The molecule has 0 bridgehead atoms. The van der Waals surface area contributed by atoms with Crippen molar-refractivity contribution in [1.82, 2.24) is 0 Å². The van der Waals surface area contributed by atoms with Gasteiger partial charge in [-0.25, -0.2) is 0 Å². The predicted molar refractivity (Wildman–Crippen MR) is 79.2 cm³/mol. The van der Waals surface area contributed by atoms with Gasteiger partial charge in [-0.1, -0.05) is 31.9 Å². The van der Waals surface area contributed by atoms with Crippen LogP contribution in [0.3, 0.4) is 0 Å². The minimum Gasteiger partial charge on any atom is -0.465 e. The van der Waals surface area contributed by atoms with Crippen LogP contribution >= 0.6 is 31.9 Å². The first-order chi connectivity index (χ1) is 9.65. The van der Waals surface area contributed by atoms with E-state index in [4.69, 9.17) is 14.2 Å². The maximum Gasteiger partial charge on any atom is 0.310 e. The van der Waals surface area contributed by atoms with Crippen molar-refractivity contribution in [3.05, 3.63) is 0 Å². The van der Waals surface area contributed by atoms with Gasteiger partial charge in [-0.3, -0.25) is 4.79 Å². The van der Waals surface area contributed by atoms with Crippen molar-refractivity contribution in [2.75, 3.05) is 6.61 Å². The van der Waals surface area contributed by atoms with Crippen LogP contribution in [0.15, 0.2) is 0 Å². The summed E-state index contributed by atoms with van der Waals surface area (Å²) < 4.78 is 16.7. The van der Waals surface area contributed by atoms with Crippen LogP contribution in [0.4, 0.5) is 0 Å². The Morgan fingerprint density at radius 2 is 1.65 bits per heavy atom. The average Bonchev–Trinajstić information content (AvgIpc) is 3.31. The molecule has 0 aromatic carbocycles. The largest absolute Gasteiger partial charge is 0.465 e. The number of carbonyl (C=O) groups excluding carboxylic acids is 1. The summed E-state index contributed by atoms with van der Waals surface area (Å²) in [4.78, 5) is 12.7. The first-order valence-corrected chi connectivity index (χ1v) is 9.24. The monoisotopic (exact) mass is 408 g/mol. The Kier molecular flexibility index (Phi) is 3.64. The Balaban J connectivity index is 1.29. The minimum absolute atomic E-state index is 0.0546. The van der Waals surface area contributed by atoms with Crippen LogP contribution in [-0.2, 0) is 19.0 Å². The summed E-state index contributed by atoms with van der Waals surface area (Å²) in [7, 11) is 0. The summed E-state index contributed by atoms with van der Waals surface area (Å²) in [6.07, 6.45) is 5.39. The molecule has 2 aliphatic heterocycles. The number of alkyl halides is 2. The molecule has 4 fully saturated rings. The molecule has 4 aliphatic rings. The molecule has 0 aromatic heterocycles. The van der Waals surface area contributed by atoms with Gasteiger partial charge in [0.25, 0.3) is 0 Å². The fourth-order valence-electron chi connectivity index (χ4n) is 3.59. The highest BCUT2D eigenvalue weighted by Crippen LogP contribution is 2.45. The van der Waals surface area contributed by atoms with E-state index in [0.717, 1.165) is 25.7 Å². The van der Waals surface area contributed by atoms with E-state index in [0.29, 0.717) is 35.7 Å². The van der Waals surface area contributed by atoms with Gasteiger partial charge < -0.3 is 14.2 Å². The summed E-state index contributed by atoms with van der Waals surface area (Å²) in [5.74, 6) is 0.255. The van der Waals surface area contributed by atoms with Gasteiger partial charge in [-0.15, -0.1) is 0 Å². The first-order valence-electron chi connectivity index (χ1n) is 7.41. The summed E-state index contributed by atoms with van der Waals surface area (Å²) in [5.41, 5.74) is 0. The molecule has 0 spiro atoms. The highest BCUT2D eigenvalue weighted by Gasteiger charge is 2.53. The number of rotatable bonds is 3. The molecule has 20 heavy (non-hydrogen) atoms. The lowest BCUT2D eigenvalue weighted by atomic mass is 9.88. The summed E-state index contributed by atoms with van der Waals surface area (Å²) in [6.45, 7) is 0.506. The molecule has 0 radical (unpaired) electrons. The minimum atomic E-state index is -0.0700. The zero-order chi connectivity index (χ0) is 13.9. The third kappa shape index (κ3) is 2.46. The lowest BCUT2D eigenvalue weighted by molar-refractivity contribution is -0.150. The quantitative estimate of drug-likeness (QED) is 0.408. The van der Waals surface area contributed by atoms with E-state index in [2.05, 4.69) is 31.9 Å². The van der Waals surface area contributed by atoms with Gasteiger partial charge in [-0.05, 0) is 25.7 Å². The lowest BCUT2D eigenvalue weighted by Gasteiger charge is -2.27. The predicted octanol–water partition coefficient (Wildman–Crippen LogP) is 2.41. The van der Waals surface area contributed by atoms with E-state index in [1.54, 1.807) is 0 Å². The van der Waals surface area contributed by atoms with Crippen molar-refractivity contribution in [3.63, 3.8) is 0 Å². The molecule has 0 N–H and O–H groups in total. The van der Waals surface area contributed by atoms with Crippen molar-refractivity contribution in [1.29, 1.82) is 0 Å². The summed E-state index contributed by atoms with van der Waals surface area (Å²) >= 11 is 7.29. The van der Waals surface area contributed by atoms with E-state index in [9.17, 15) is 4.79 Å². The fraction of sp³-hybridized carbons (Fsp3) is 0.929. The second kappa shape index (κ2) is 5.21. The van der Waals surface area contributed by atoms with Crippen LogP contribution in [0.5, 0.6) is 0 Å². The van der Waals surface area contributed by atoms with Crippen molar-refractivity contribution in [2.45, 2.75) is 59.8 Å². The van der Waals surface area contributed by atoms with Gasteiger partial charge in [0.1, 0.15) is 0 Å². The normalized spacial score (nSPS) is 52.7. The zero-order valence-corrected chi connectivity index (χ0v) is 14.2. The molecule has 4 nitrogen and oxygen atoms in total. The van der Waals surface area contributed by atoms with Crippen molar-refractivity contribution >= 4 is 37.8 Å². The molecular formula is C14H18Br2O4. The van der Waals surface area contributed by atoms with Gasteiger partial charge in [-0.2, -0.15) is 0 Å². The van der Waals surface area contributed by atoms with Crippen molar-refractivity contribution in [3.8, 4) is 0 Å². The van der Waals surface area contributed by atoms with Crippen molar-refractivity contribution < 1.29 is 19.0 Å². The highest BCUT2D eigenvalue weighted by atomic mass is 79.9. The van der Waals surface area contributed by atoms with Crippen LogP contribution in [-0.4, -0.2) is 46.6 Å². The molecule has 6 heteroatoms. The topological polar surface area (TPSA) is 51.4 Å². The number of hydrogen-bond acceptors (Lipinski definition) is 4. The van der Waals surface area contributed by atoms with Gasteiger partial charge in [0.2, 0.25) is 0 Å². The average molecular weight is 410 g/mol. The summed E-state index contributed by atoms with van der Waals surface area (Å²) in [6, 6.07) is 0. The van der Waals surface area contributed by atoms with Gasteiger partial charge in [0, 0.05) is 10.7 Å². The van der Waals surface area contributed by atoms with E-state index in [1.807, 2.05) is 0 Å². The molecule has 8 atom stereocenters. The third-order valence-electron chi connectivity index (χ3n) is 5.03. The zero-order valence-electron chi connectivity index (χ0n) is 11.0. The lowest BCUT2D eigenvalue weighted by Crippen LogP contribution is -2.36. The Labute approximate surface area is 135 Å². The Hall–Kier alpha value is 0.350. The highest BCUT2D eigenvalue weighted by molar-refractivity contribution is 9.09.